The van der Waals surface area contributed by atoms with Crippen LogP contribution in [0.15, 0.2) is 329 Å². The standard InChI is InChI=1S/3C24H19N2.2C19H16N4.C12H10N4.3Ir/c3*1-15-11-12-21-20(13-15)18-9-4-5-10-19(18)24-25-14-22(26(21)24)23-16(2)7-6-8-17(23)3;1-14-8-6-7-11-16(14)18-20-12-17-19(21-18)22(2)13-23(17)15-9-4-3-5-10-15;1-14-8-6-7-11-16(14)18-20-12-17-19(21-18)23(13-22(17)2)15-9-4-3-5-10-15;1-15-9-16(10-5-3-2-4-6-10)11-7-13-8-14-12(11)15;;;/h3*4-9,11-14H,1-3H3;2*3-9,11-13H,1-2H3;2-5,7-9H,1H3;;;/q3*-1;3*-2;3*+3. The monoisotopic (exact) mass is 2390 g/mol. The minimum atomic E-state index is 0. The Morgan fingerprint density at radius 1 is 0.259 bits per heavy atom. The molecule has 26 rings (SSSR count). The van der Waals surface area contributed by atoms with Crippen LogP contribution in [0.2, 0.25) is 0 Å². The number of aromatic nitrogens is 12. The molecule has 0 bridgehead atoms. The van der Waals surface area contributed by atoms with Gasteiger partial charge in [0, 0.05) is 63.0 Å². The van der Waals surface area contributed by atoms with Gasteiger partial charge in [-0.3, -0.25) is 15.0 Å². The van der Waals surface area contributed by atoms with Gasteiger partial charge in [-0.15, -0.1) is 106 Å². The van der Waals surface area contributed by atoms with Crippen LogP contribution in [-0.4, -0.2) is 79.2 Å². The van der Waals surface area contributed by atoms with Crippen molar-refractivity contribution in [2.75, 3.05) is 50.5 Å². The summed E-state index contributed by atoms with van der Waals surface area (Å²) in [5.41, 5.74) is 35.4. The van der Waals surface area contributed by atoms with Crippen molar-refractivity contribution in [1.82, 2.24) is 58.1 Å². The molecule has 0 saturated heterocycles. The van der Waals surface area contributed by atoms with E-state index in [0.29, 0.717) is 0 Å². The van der Waals surface area contributed by atoms with E-state index in [-0.39, 0.29) is 60.3 Å². The van der Waals surface area contributed by atoms with Crippen LogP contribution in [0.4, 0.5) is 51.6 Å². The first-order chi connectivity index (χ1) is 68.3. The quantitative estimate of drug-likeness (QED) is 0.105. The molecular formula is C122H99Ir3N18. The van der Waals surface area contributed by atoms with Gasteiger partial charge in [-0.2, -0.15) is 111 Å². The number of rotatable bonds is 8. The number of hydrogen-bond acceptors (Lipinski definition) is 15. The Bertz CT molecular complexity index is 8130. The van der Waals surface area contributed by atoms with Crippen LogP contribution in [-0.2, 0) is 60.3 Å². The predicted molar refractivity (Wildman–Crippen MR) is 573 cm³/mol. The van der Waals surface area contributed by atoms with E-state index in [1.807, 2.05) is 218 Å². The molecule has 3 aliphatic rings. The van der Waals surface area contributed by atoms with Crippen LogP contribution in [0, 0.1) is 133 Å². The number of aryl methyl sites for hydroxylation is 11. The van der Waals surface area contributed by atoms with Crippen LogP contribution in [0.3, 0.4) is 0 Å². The smallest absolute Gasteiger partial charge is 0.501 e. The zero-order valence-corrected chi connectivity index (χ0v) is 88.6. The Morgan fingerprint density at radius 3 is 0.965 bits per heavy atom. The third-order valence-electron chi connectivity index (χ3n) is 26.2. The number of nitrogens with zero attached hydrogens (tertiary/aromatic N) is 18. The minimum absolute atomic E-state index is 0. The topological polar surface area (TPSA) is 149 Å². The van der Waals surface area contributed by atoms with Gasteiger partial charge in [0.25, 0.3) is 0 Å². The van der Waals surface area contributed by atoms with E-state index in [2.05, 4.69) is 320 Å². The number of anilines is 9. The SMILES string of the molecule is CN1[CH-]N(c2[c-]cccc2)c2cncnc21.Cc1ccc2c(c1)c1ccc[c-]c1c1ncc(-c3c(C)cccc3C)n21.Cc1ccc2c(c1)c1ccc[c-]c1c1ncc(-c3c(C)cccc3C)n21.Cc1ccc2c(c1)c1ccc[c-]c1c1ncc(-c3c(C)cccc3C)n21.Cc1ccccc1-c1ncc2c(n1)N(C)[CH-]N2c1[c-]cccc1.Cc1ccccc1-c1ncc2c(n1)N(c1[c-]cccc1)[CH-]N2C.[Ir+3].[Ir+3].[Ir+3]. The van der Waals surface area contributed by atoms with Crippen LogP contribution in [0.1, 0.15) is 61.2 Å². The third kappa shape index (κ3) is 18.7. The molecule has 0 atom stereocenters. The van der Waals surface area contributed by atoms with Gasteiger partial charge < -0.3 is 42.6 Å². The number of pyridine rings is 3. The van der Waals surface area contributed by atoms with E-state index in [1.54, 1.807) is 6.33 Å². The maximum Gasteiger partial charge on any atom is 3.00 e. The Kier molecular flexibility index (Phi) is 28.7. The van der Waals surface area contributed by atoms with Gasteiger partial charge in [0.15, 0.2) is 11.6 Å². The van der Waals surface area contributed by atoms with Crippen molar-refractivity contribution in [2.24, 2.45) is 0 Å². The maximum absolute atomic E-state index is 4.81. The Morgan fingerprint density at radius 2 is 0.587 bits per heavy atom. The van der Waals surface area contributed by atoms with E-state index in [1.165, 1.54) is 127 Å². The molecule has 143 heavy (non-hydrogen) atoms. The summed E-state index contributed by atoms with van der Waals surface area (Å²) < 4.78 is 6.88. The largest absolute Gasteiger partial charge is 3.00 e. The van der Waals surface area contributed by atoms with Crippen molar-refractivity contribution in [3.05, 3.63) is 446 Å². The Labute approximate surface area is 874 Å². The number of hydrogen-bond donors (Lipinski definition) is 0. The van der Waals surface area contributed by atoms with Crippen molar-refractivity contribution < 1.29 is 60.3 Å². The van der Waals surface area contributed by atoms with Crippen LogP contribution < -0.4 is 29.4 Å². The minimum Gasteiger partial charge on any atom is -0.501 e. The molecule has 0 amide bonds. The summed E-state index contributed by atoms with van der Waals surface area (Å²) in [7, 11) is 5.96. The van der Waals surface area contributed by atoms with E-state index < -0.39 is 0 Å². The molecular weight excluding hydrogens is 2290 g/mol. The molecule has 0 spiro atoms. The molecule has 0 saturated carbocycles. The van der Waals surface area contributed by atoms with Gasteiger partial charge >= 0.3 is 60.3 Å². The first-order valence-corrected chi connectivity index (χ1v) is 46.8. The molecule has 21 heteroatoms. The molecule has 14 aromatic carbocycles. The summed E-state index contributed by atoms with van der Waals surface area (Å²) in [6, 6.07) is 118. The van der Waals surface area contributed by atoms with Gasteiger partial charge in [-0.25, -0.2) is 29.9 Å². The summed E-state index contributed by atoms with van der Waals surface area (Å²) in [5.74, 6) is 4.18. The Hall–Kier alpha value is -15.3. The maximum atomic E-state index is 4.81. The summed E-state index contributed by atoms with van der Waals surface area (Å²) in [6.07, 6.45) is 13.1. The van der Waals surface area contributed by atoms with E-state index in [0.717, 1.165) is 125 Å². The number of fused-ring (bicyclic) bond motifs is 21. The average molecular weight is 2390 g/mol. The second kappa shape index (κ2) is 41.9. The zero-order chi connectivity index (χ0) is 96.1. The Balaban J connectivity index is 0.000000113. The van der Waals surface area contributed by atoms with Crippen molar-refractivity contribution in [2.45, 2.75) is 76.2 Å². The molecule has 0 N–H and O–H groups in total. The fraction of sp³-hybridized carbons (Fsp3) is 0.115. The van der Waals surface area contributed by atoms with E-state index in [4.69, 9.17) is 24.9 Å². The first-order valence-electron chi connectivity index (χ1n) is 46.8. The molecule has 0 fully saturated rings. The molecule has 3 aliphatic heterocycles. The predicted octanol–water partition coefficient (Wildman–Crippen LogP) is 28.0. The van der Waals surface area contributed by atoms with Gasteiger partial charge in [0.05, 0.1) is 69.7 Å². The van der Waals surface area contributed by atoms with Crippen molar-refractivity contribution >= 4 is 134 Å². The second-order valence-electron chi connectivity index (χ2n) is 35.8. The molecule has 9 aromatic heterocycles. The molecule has 0 radical (unpaired) electrons. The number of imidazole rings is 3. The molecule has 0 aliphatic carbocycles. The first kappa shape index (κ1) is 97.9. The van der Waals surface area contributed by atoms with Gasteiger partial charge in [0.1, 0.15) is 23.8 Å². The van der Waals surface area contributed by atoms with E-state index >= 15 is 0 Å². The summed E-state index contributed by atoms with van der Waals surface area (Å²) in [5, 5.41) is 10.6. The molecule has 0 unspecified atom stereocenters. The number of benzene rings is 14. The summed E-state index contributed by atoms with van der Waals surface area (Å²) in [6.45, 7) is 29.6. The molecule has 12 heterocycles. The van der Waals surface area contributed by atoms with Crippen molar-refractivity contribution in [3.63, 3.8) is 0 Å². The van der Waals surface area contributed by atoms with Crippen molar-refractivity contribution in [1.29, 1.82) is 0 Å². The normalized spacial score (nSPS) is 12.2. The fourth-order valence-corrected chi connectivity index (χ4v) is 19.5. The van der Waals surface area contributed by atoms with Crippen LogP contribution in [0.25, 0.3) is 139 Å². The molecule has 18 nitrogen and oxygen atoms in total. The summed E-state index contributed by atoms with van der Waals surface area (Å²) >= 11 is 0. The van der Waals surface area contributed by atoms with E-state index in [9.17, 15) is 0 Å². The molecule has 704 valence electrons. The van der Waals surface area contributed by atoms with Gasteiger partial charge in [0.2, 0.25) is 0 Å². The van der Waals surface area contributed by atoms with Crippen LogP contribution in [0.5, 0.6) is 0 Å². The van der Waals surface area contributed by atoms with Crippen molar-refractivity contribution in [3.8, 4) is 56.5 Å². The fourth-order valence-electron chi connectivity index (χ4n) is 19.5. The van der Waals surface area contributed by atoms with Gasteiger partial charge in [-0.05, 0) is 176 Å². The zero-order valence-electron chi connectivity index (χ0n) is 81.5. The average Bonchev–Trinajstić information content (AvgIpc) is 1.63. The molecule has 23 aromatic rings. The summed E-state index contributed by atoms with van der Waals surface area (Å²) in [4.78, 5) is 53.6. The number of para-hydroxylation sites is 3. The second-order valence-corrected chi connectivity index (χ2v) is 35.8. The van der Waals surface area contributed by atoms with Crippen LogP contribution >= 0.6 is 0 Å². The third-order valence-corrected chi connectivity index (χ3v) is 26.2. The van der Waals surface area contributed by atoms with Gasteiger partial charge in [-0.1, -0.05) is 172 Å².